The Hall–Kier alpha value is -2.48. The van der Waals surface area contributed by atoms with Crippen molar-refractivity contribution >= 4 is 34.0 Å². The van der Waals surface area contributed by atoms with Crippen molar-refractivity contribution in [3.8, 4) is 5.75 Å². The Morgan fingerprint density at radius 2 is 2.26 bits per heavy atom. The summed E-state index contributed by atoms with van der Waals surface area (Å²) in [5.41, 5.74) is 0.733. The number of nitrogens with zero attached hydrogens (tertiary/aromatic N) is 3. The molecule has 1 aliphatic heterocycles. The topological polar surface area (TPSA) is 84.4 Å². The second-order valence-electron chi connectivity index (χ2n) is 5.22. The molecule has 3 rings (SSSR count). The first kappa shape index (κ1) is 15.4. The van der Waals surface area contributed by atoms with Crippen LogP contribution < -0.4 is 15.0 Å². The monoisotopic (exact) mass is 332 g/mol. The van der Waals surface area contributed by atoms with Crippen LogP contribution in [0.3, 0.4) is 0 Å². The first-order valence-electron chi connectivity index (χ1n) is 7.12. The van der Waals surface area contributed by atoms with E-state index in [0.29, 0.717) is 17.4 Å². The van der Waals surface area contributed by atoms with Crippen LogP contribution in [0, 0.1) is 12.8 Å². The molecule has 23 heavy (non-hydrogen) atoms. The van der Waals surface area contributed by atoms with E-state index in [1.807, 2.05) is 25.1 Å². The summed E-state index contributed by atoms with van der Waals surface area (Å²) >= 11 is 1.31. The summed E-state index contributed by atoms with van der Waals surface area (Å²) in [6.45, 7) is 2.16. The van der Waals surface area contributed by atoms with Crippen molar-refractivity contribution in [3.63, 3.8) is 0 Å². The van der Waals surface area contributed by atoms with Crippen LogP contribution in [0.15, 0.2) is 24.3 Å². The van der Waals surface area contributed by atoms with Crippen LogP contribution in [0.25, 0.3) is 0 Å². The van der Waals surface area contributed by atoms with Gasteiger partial charge in [-0.05, 0) is 19.1 Å². The van der Waals surface area contributed by atoms with Gasteiger partial charge in [0.05, 0.1) is 13.0 Å². The largest absolute Gasteiger partial charge is 0.497 e. The fraction of sp³-hybridized carbons (Fsp3) is 0.333. The standard InChI is InChI=1S/C15H16N4O3S/c1-9-17-18-15(23-9)16-14(21)10-6-13(20)19(8-10)11-4-3-5-12(7-11)22-2/h3-5,7,10H,6,8H2,1-2H3,(H,16,18,21). The molecule has 1 atom stereocenters. The molecule has 0 radical (unpaired) electrons. The summed E-state index contributed by atoms with van der Waals surface area (Å²) in [7, 11) is 1.57. The zero-order chi connectivity index (χ0) is 16.4. The summed E-state index contributed by atoms with van der Waals surface area (Å²) in [6, 6.07) is 7.24. The lowest BCUT2D eigenvalue weighted by Crippen LogP contribution is -2.28. The van der Waals surface area contributed by atoms with Crippen molar-refractivity contribution in [2.45, 2.75) is 13.3 Å². The third kappa shape index (κ3) is 3.31. The van der Waals surface area contributed by atoms with Crippen LogP contribution in [0.1, 0.15) is 11.4 Å². The van der Waals surface area contributed by atoms with Gasteiger partial charge in [-0.15, -0.1) is 10.2 Å². The number of aryl methyl sites for hydroxylation is 1. The van der Waals surface area contributed by atoms with Crippen molar-refractivity contribution < 1.29 is 14.3 Å². The van der Waals surface area contributed by atoms with Gasteiger partial charge in [-0.1, -0.05) is 17.4 Å². The number of carbonyl (C=O) groups is 2. The highest BCUT2D eigenvalue weighted by Crippen LogP contribution is 2.28. The molecule has 1 aromatic carbocycles. The summed E-state index contributed by atoms with van der Waals surface area (Å²) in [6.07, 6.45) is 0.181. The first-order chi connectivity index (χ1) is 11.1. The fourth-order valence-electron chi connectivity index (χ4n) is 2.47. The van der Waals surface area contributed by atoms with Gasteiger partial charge < -0.3 is 15.0 Å². The number of hydrogen-bond donors (Lipinski definition) is 1. The van der Waals surface area contributed by atoms with E-state index < -0.39 is 5.92 Å². The van der Waals surface area contributed by atoms with Crippen LogP contribution in [0.5, 0.6) is 5.75 Å². The Bertz CT molecular complexity index is 746. The molecule has 0 spiro atoms. The molecule has 2 amide bonds. The molecule has 8 heteroatoms. The van der Waals surface area contributed by atoms with Crippen molar-refractivity contribution in [1.82, 2.24) is 10.2 Å². The molecule has 0 saturated carbocycles. The molecule has 1 aliphatic rings. The number of aromatic nitrogens is 2. The number of ether oxygens (including phenoxy) is 1. The number of carbonyl (C=O) groups excluding carboxylic acids is 2. The Morgan fingerprint density at radius 3 is 2.96 bits per heavy atom. The number of nitrogens with one attached hydrogen (secondary N) is 1. The Balaban J connectivity index is 1.70. The molecular weight excluding hydrogens is 316 g/mol. The van der Waals surface area contributed by atoms with E-state index in [2.05, 4.69) is 15.5 Å². The maximum absolute atomic E-state index is 12.3. The van der Waals surface area contributed by atoms with Crippen molar-refractivity contribution in [2.24, 2.45) is 5.92 Å². The predicted octanol–water partition coefficient (Wildman–Crippen LogP) is 1.85. The minimum atomic E-state index is -0.405. The van der Waals surface area contributed by atoms with Gasteiger partial charge in [0.15, 0.2) is 0 Å². The number of amides is 2. The van der Waals surface area contributed by atoms with Gasteiger partial charge in [-0.2, -0.15) is 0 Å². The van der Waals surface area contributed by atoms with E-state index in [1.54, 1.807) is 18.1 Å². The number of anilines is 2. The van der Waals surface area contributed by atoms with Crippen molar-refractivity contribution in [1.29, 1.82) is 0 Å². The smallest absolute Gasteiger partial charge is 0.231 e. The summed E-state index contributed by atoms with van der Waals surface area (Å²) in [4.78, 5) is 26.1. The third-order valence-electron chi connectivity index (χ3n) is 3.62. The van der Waals surface area contributed by atoms with Crippen LogP contribution >= 0.6 is 11.3 Å². The molecule has 1 fully saturated rings. The second-order valence-corrected chi connectivity index (χ2v) is 6.40. The molecule has 1 saturated heterocycles. The zero-order valence-corrected chi connectivity index (χ0v) is 13.6. The normalized spacial score (nSPS) is 17.4. The van der Waals surface area contributed by atoms with E-state index in [1.165, 1.54) is 11.3 Å². The molecular formula is C15H16N4O3S. The average Bonchev–Trinajstić information content (AvgIpc) is 3.13. The molecule has 1 unspecified atom stereocenters. The van der Waals surface area contributed by atoms with Gasteiger partial charge in [-0.3, -0.25) is 9.59 Å². The van der Waals surface area contributed by atoms with E-state index >= 15 is 0 Å². The second kappa shape index (κ2) is 6.33. The lowest BCUT2D eigenvalue weighted by molar-refractivity contribution is -0.122. The minimum Gasteiger partial charge on any atom is -0.497 e. The lowest BCUT2D eigenvalue weighted by atomic mass is 10.1. The Kier molecular flexibility index (Phi) is 4.24. The number of benzene rings is 1. The highest BCUT2D eigenvalue weighted by atomic mass is 32.1. The average molecular weight is 332 g/mol. The molecule has 7 nitrogen and oxygen atoms in total. The van der Waals surface area contributed by atoms with Crippen LogP contribution in [-0.4, -0.2) is 35.7 Å². The quantitative estimate of drug-likeness (QED) is 0.923. The van der Waals surface area contributed by atoms with E-state index in [0.717, 1.165) is 10.7 Å². The molecule has 2 aromatic rings. The number of hydrogen-bond acceptors (Lipinski definition) is 6. The van der Waals surface area contributed by atoms with Gasteiger partial charge in [0.25, 0.3) is 0 Å². The summed E-state index contributed by atoms with van der Waals surface area (Å²) in [5.74, 6) is -0.0165. The first-order valence-corrected chi connectivity index (χ1v) is 7.94. The van der Waals surface area contributed by atoms with Gasteiger partial charge in [0, 0.05) is 24.7 Å². The molecule has 2 heterocycles. The fourth-order valence-corrected chi connectivity index (χ4v) is 3.06. The van der Waals surface area contributed by atoms with Crippen LogP contribution in [0.4, 0.5) is 10.8 Å². The predicted molar refractivity (Wildman–Crippen MR) is 86.7 cm³/mol. The Morgan fingerprint density at radius 1 is 1.43 bits per heavy atom. The maximum atomic E-state index is 12.3. The number of methoxy groups -OCH3 is 1. The van der Waals surface area contributed by atoms with Gasteiger partial charge in [-0.25, -0.2) is 0 Å². The highest BCUT2D eigenvalue weighted by Gasteiger charge is 2.35. The lowest BCUT2D eigenvalue weighted by Gasteiger charge is -2.17. The molecule has 1 N–H and O–H groups in total. The maximum Gasteiger partial charge on any atom is 0.231 e. The van der Waals surface area contributed by atoms with E-state index in [9.17, 15) is 9.59 Å². The zero-order valence-electron chi connectivity index (χ0n) is 12.8. The molecule has 0 bridgehead atoms. The molecule has 0 aliphatic carbocycles. The van der Waals surface area contributed by atoms with Crippen molar-refractivity contribution in [3.05, 3.63) is 29.3 Å². The van der Waals surface area contributed by atoms with Crippen molar-refractivity contribution in [2.75, 3.05) is 23.9 Å². The minimum absolute atomic E-state index is 0.0770. The Labute approximate surface area is 137 Å². The third-order valence-corrected chi connectivity index (χ3v) is 4.37. The highest BCUT2D eigenvalue weighted by molar-refractivity contribution is 7.15. The van der Waals surface area contributed by atoms with Crippen LogP contribution in [0.2, 0.25) is 0 Å². The van der Waals surface area contributed by atoms with Gasteiger partial charge in [0.1, 0.15) is 10.8 Å². The summed E-state index contributed by atoms with van der Waals surface area (Å²) < 4.78 is 5.17. The molecule has 1 aromatic heterocycles. The summed E-state index contributed by atoms with van der Waals surface area (Å²) in [5, 5.41) is 11.7. The van der Waals surface area contributed by atoms with Gasteiger partial charge >= 0.3 is 0 Å². The van der Waals surface area contributed by atoms with Crippen LogP contribution in [-0.2, 0) is 9.59 Å². The SMILES string of the molecule is COc1cccc(N2CC(C(=O)Nc3nnc(C)s3)CC2=O)c1. The van der Waals surface area contributed by atoms with Gasteiger partial charge in [0.2, 0.25) is 16.9 Å². The number of rotatable bonds is 4. The van der Waals surface area contributed by atoms with E-state index in [4.69, 9.17) is 4.74 Å². The molecule has 120 valence electrons. The van der Waals surface area contributed by atoms with E-state index in [-0.39, 0.29) is 18.2 Å².